The Morgan fingerprint density at radius 3 is 2.71 bits per heavy atom. The summed E-state index contributed by atoms with van der Waals surface area (Å²) in [6.45, 7) is 6.30. The molecule has 0 radical (unpaired) electrons. The molecular weight excluding hydrogens is 265 g/mol. The number of hydrogen-bond acceptors (Lipinski definition) is 3. The third-order valence-corrected chi connectivity index (χ3v) is 4.65. The van der Waals surface area contributed by atoms with Crippen molar-refractivity contribution in [2.45, 2.75) is 26.7 Å². The van der Waals surface area contributed by atoms with Gasteiger partial charge in [-0.1, -0.05) is 13.8 Å². The van der Waals surface area contributed by atoms with E-state index in [1.807, 2.05) is 12.1 Å². The molecule has 1 aliphatic rings. The number of halogens is 1. The van der Waals surface area contributed by atoms with Crippen LogP contribution in [0.2, 0.25) is 0 Å². The van der Waals surface area contributed by atoms with Gasteiger partial charge in [-0.25, -0.2) is 4.39 Å². The van der Waals surface area contributed by atoms with Gasteiger partial charge in [-0.3, -0.25) is 4.98 Å². The average Bonchev–Trinajstić information content (AvgIpc) is 2.48. The highest BCUT2D eigenvalue weighted by atomic mass is 19.1. The summed E-state index contributed by atoms with van der Waals surface area (Å²) in [5, 5.41) is 0.833. The monoisotopic (exact) mass is 287 g/mol. The van der Waals surface area contributed by atoms with Crippen LogP contribution in [-0.2, 0) is 0 Å². The Hall–Kier alpha value is -1.84. The van der Waals surface area contributed by atoms with Crippen LogP contribution in [0.25, 0.3) is 10.9 Å². The van der Waals surface area contributed by atoms with E-state index in [2.05, 4.69) is 23.7 Å². The molecule has 0 bridgehead atoms. The molecule has 112 valence electrons. The van der Waals surface area contributed by atoms with Gasteiger partial charge < -0.3 is 10.6 Å². The van der Waals surface area contributed by atoms with Gasteiger partial charge in [0, 0.05) is 30.4 Å². The molecule has 21 heavy (non-hydrogen) atoms. The Balaban J connectivity index is 1.98. The van der Waals surface area contributed by atoms with Crippen LogP contribution in [0, 0.1) is 17.7 Å². The van der Waals surface area contributed by atoms with E-state index in [0.29, 0.717) is 22.8 Å². The Bertz CT molecular complexity index is 646. The predicted molar refractivity (Wildman–Crippen MR) is 85.9 cm³/mol. The highest BCUT2D eigenvalue weighted by Gasteiger charge is 2.25. The maximum absolute atomic E-state index is 14.5. The molecule has 0 unspecified atom stereocenters. The summed E-state index contributed by atoms with van der Waals surface area (Å²) in [4.78, 5) is 6.50. The quantitative estimate of drug-likeness (QED) is 0.854. The molecule has 0 atom stereocenters. The second-order valence-corrected chi connectivity index (χ2v) is 6.26. The first-order valence-electron chi connectivity index (χ1n) is 7.65. The normalized spacial score (nSPS) is 16.9. The van der Waals surface area contributed by atoms with E-state index in [1.165, 1.54) is 6.07 Å². The van der Waals surface area contributed by atoms with E-state index >= 15 is 0 Å². The Morgan fingerprint density at radius 1 is 1.33 bits per heavy atom. The van der Waals surface area contributed by atoms with Crippen molar-refractivity contribution >= 4 is 22.3 Å². The van der Waals surface area contributed by atoms with Gasteiger partial charge >= 0.3 is 0 Å². The van der Waals surface area contributed by atoms with E-state index in [9.17, 15) is 4.39 Å². The van der Waals surface area contributed by atoms with Crippen LogP contribution in [0.5, 0.6) is 0 Å². The first-order chi connectivity index (χ1) is 10.1. The molecule has 0 spiro atoms. The molecule has 1 aromatic heterocycles. The van der Waals surface area contributed by atoms with Gasteiger partial charge in [-0.05, 0) is 42.9 Å². The lowest BCUT2D eigenvalue weighted by Gasteiger charge is -2.35. The Labute approximate surface area is 125 Å². The van der Waals surface area contributed by atoms with Gasteiger partial charge in [0.05, 0.1) is 11.2 Å². The summed E-state index contributed by atoms with van der Waals surface area (Å²) >= 11 is 0. The SMILES string of the molecule is CC(C)C1CCN(c2c(F)cc(N)c3cccnc23)CC1. The van der Waals surface area contributed by atoms with Crippen LogP contribution in [-0.4, -0.2) is 18.1 Å². The van der Waals surface area contributed by atoms with Crippen LogP contribution in [0.15, 0.2) is 24.4 Å². The molecule has 1 aromatic carbocycles. The standard InChI is InChI=1S/C17H22FN3/c1-11(2)12-5-8-21(9-6-12)17-14(18)10-15(19)13-4-3-7-20-16(13)17/h3-4,7,10-12H,5-6,8-9,19H2,1-2H3. The zero-order valence-electron chi connectivity index (χ0n) is 12.6. The number of fused-ring (bicyclic) bond motifs is 1. The second-order valence-electron chi connectivity index (χ2n) is 6.26. The number of anilines is 2. The summed E-state index contributed by atoms with van der Waals surface area (Å²) in [6.07, 6.45) is 3.91. The zero-order chi connectivity index (χ0) is 15.0. The summed E-state index contributed by atoms with van der Waals surface area (Å²) in [5.74, 6) is 1.16. The molecule has 4 heteroatoms. The van der Waals surface area contributed by atoms with Crippen LogP contribution in [0.4, 0.5) is 15.8 Å². The van der Waals surface area contributed by atoms with Crippen molar-refractivity contribution in [1.29, 1.82) is 0 Å². The summed E-state index contributed by atoms with van der Waals surface area (Å²) in [7, 11) is 0. The average molecular weight is 287 g/mol. The number of benzene rings is 1. The molecule has 0 amide bonds. The van der Waals surface area contributed by atoms with Crippen molar-refractivity contribution < 1.29 is 4.39 Å². The van der Waals surface area contributed by atoms with Gasteiger partial charge in [0.25, 0.3) is 0 Å². The second kappa shape index (κ2) is 5.51. The number of pyridine rings is 1. The lowest BCUT2D eigenvalue weighted by Crippen LogP contribution is -2.36. The number of nitrogens with two attached hydrogens (primary N) is 1. The summed E-state index contributed by atoms with van der Waals surface area (Å²) < 4.78 is 14.5. The number of aromatic nitrogens is 1. The first-order valence-corrected chi connectivity index (χ1v) is 7.65. The molecule has 2 N–H and O–H groups in total. The van der Waals surface area contributed by atoms with Crippen LogP contribution in [0.3, 0.4) is 0 Å². The van der Waals surface area contributed by atoms with Crippen molar-refractivity contribution in [2.75, 3.05) is 23.7 Å². The van der Waals surface area contributed by atoms with Gasteiger partial charge in [-0.15, -0.1) is 0 Å². The predicted octanol–water partition coefficient (Wildman–Crippen LogP) is 3.83. The minimum absolute atomic E-state index is 0.262. The van der Waals surface area contributed by atoms with E-state index in [0.717, 1.165) is 37.2 Å². The van der Waals surface area contributed by atoms with E-state index in [1.54, 1.807) is 6.20 Å². The van der Waals surface area contributed by atoms with Gasteiger partial charge in [0.2, 0.25) is 0 Å². The topological polar surface area (TPSA) is 42.1 Å². The lowest BCUT2D eigenvalue weighted by atomic mass is 9.86. The number of piperidine rings is 1. The fraction of sp³-hybridized carbons (Fsp3) is 0.471. The maximum atomic E-state index is 14.5. The number of nitrogens with zero attached hydrogens (tertiary/aromatic N) is 2. The van der Waals surface area contributed by atoms with Crippen molar-refractivity contribution in [3.63, 3.8) is 0 Å². The van der Waals surface area contributed by atoms with Gasteiger partial charge in [0.15, 0.2) is 5.82 Å². The Kier molecular flexibility index (Phi) is 3.70. The molecular formula is C17H22FN3. The fourth-order valence-corrected chi connectivity index (χ4v) is 3.31. The third kappa shape index (κ3) is 2.55. The third-order valence-electron chi connectivity index (χ3n) is 4.65. The van der Waals surface area contributed by atoms with Crippen LogP contribution >= 0.6 is 0 Å². The van der Waals surface area contributed by atoms with E-state index < -0.39 is 0 Å². The van der Waals surface area contributed by atoms with Crippen molar-refractivity contribution in [2.24, 2.45) is 11.8 Å². The molecule has 1 saturated heterocycles. The van der Waals surface area contributed by atoms with Crippen LogP contribution < -0.4 is 10.6 Å². The molecule has 3 nitrogen and oxygen atoms in total. The van der Waals surface area contributed by atoms with Crippen LogP contribution in [0.1, 0.15) is 26.7 Å². The molecule has 0 aliphatic carbocycles. The summed E-state index contributed by atoms with van der Waals surface area (Å²) in [6, 6.07) is 5.17. The minimum atomic E-state index is -0.262. The van der Waals surface area contributed by atoms with Gasteiger partial charge in [-0.2, -0.15) is 0 Å². The first kappa shape index (κ1) is 14.1. The van der Waals surface area contributed by atoms with Crippen molar-refractivity contribution in [3.8, 4) is 0 Å². The molecule has 2 aromatic rings. The zero-order valence-corrected chi connectivity index (χ0v) is 12.6. The lowest BCUT2D eigenvalue weighted by molar-refractivity contribution is 0.310. The van der Waals surface area contributed by atoms with Gasteiger partial charge in [0.1, 0.15) is 0 Å². The Morgan fingerprint density at radius 2 is 2.05 bits per heavy atom. The minimum Gasteiger partial charge on any atom is -0.398 e. The summed E-state index contributed by atoms with van der Waals surface area (Å²) in [5.41, 5.74) is 7.67. The van der Waals surface area contributed by atoms with E-state index in [4.69, 9.17) is 5.73 Å². The maximum Gasteiger partial charge on any atom is 0.150 e. The smallest absolute Gasteiger partial charge is 0.150 e. The fourth-order valence-electron chi connectivity index (χ4n) is 3.31. The number of nitrogen functional groups attached to an aromatic ring is 1. The van der Waals surface area contributed by atoms with Crippen molar-refractivity contribution in [1.82, 2.24) is 4.98 Å². The molecule has 1 fully saturated rings. The number of rotatable bonds is 2. The highest BCUT2D eigenvalue weighted by molar-refractivity contribution is 5.98. The molecule has 0 saturated carbocycles. The molecule has 1 aliphatic heterocycles. The number of hydrogen-bond donors (Lipinski definition) is 1. The van der Waals surface area contributed by atoms with E-state index in [-0.39, 0.29) is 5.82 Å². The largest absolute Gasteiger partial charge is 0.398 e. The van der Waals surface area contributed by atoms with Crippen molar-refractivity contribution in [3.05, 3.63) is 30.2 Å². The molecule has 2 heterocycles. The molecule has 3 rings (SSSR count). The highest BCUT2D eigenvalue weighted by Crippen LogP contribution is 2.35.